The van der Waals surface area contributed by atoms with E-state index in [0.29, 0.717) is 27.8 Å². The highest BCUT2D eigenvalue weighted by Gasteiger charge is 2.21. The third-order valence-corrected chi connectivity index (χ3v) is 6.62. The molecule has 0 bridgehead atoms. The van der Waals surface area contributed by atoms with Gasteiger partial charge < -0.3 is 11.1 Å². The van der Waals surface area contributed by atoms with Gasteiger partial charge in [0.2, 0.25) is 5.91 Å². The molecule has 0 saturated carbocycles. The van der Waals surface area contributed by atoms with Crippen LogP contribution in [0, 0.1) is 36.5 Å². The zero-order valence-electron chi connectivity index (χ0n) is 19.8. The molecule has 2 aromatic carbocycles. The Morgan fingerprint density at radius 2 is 1.74 bits per heavy atom. The summed E-state index contributed by atoms with van der Waals surface area (Å²) in [5.74, 6) is 0.727. The van der Waals surface area contributed by atoms with E-state index in [9.17, 15) is 15.3 Å². The number of thioether (sulfide) groups is 1. The van der Waals surface area contributed by atoms with Crippen molar-refractivity contribution in [2.24, 2.45) is 0 Å². The molecule has 7 heteroatoms. The maximum absolute atomic E-state index is 12.4. The standard InChI is InChI=1S/C27H27N5OS/c1-16(2)19-6-8-20(9-7-19)25-22(14-28)26(30)32-27(23(25)15-29)34-12-11-24(33)31-21-10-5-17(3)18(4)13-21/h5-10,13,16H,11-12H2,1-4H3,(H2,30,32)(H,31,33). The van der Waals surface area contributed by atoms with Gasteiger partial charge in [-0.05, 0) is 54.2 Å². The van der Waals surface area contributed by atoms with Gasteiger partial charge >= 0.3 is 0 Å². The number of carbonyl (C=O) groups is 1. The number of aryl methyl sites for hydroxylation is 2. The first-order valence-electron chi connectivity index (χ1n) is 11.0. The summed E-state index contributed by atoms with van der Waals surface area (Å²) in [7, 11) is 0. The van der Waals surface area contributed by atoms with Crippen molar-refractivity contribution in [3.8, 4) is 23.3 Å². The molecule has 0 atom stereocenters. The summed E-state index contributed by atoms with van der Waals surface area (Å²) in [6.45, 7) is 8.23. The molecule has 3 rings (SSSR count). The van der Waals surface area contributed by atoms with E-state index in [1.54, 1.807) is 0 Å². The number of benzene rings is 2. The molecule has 34 heavy (non-hydrogen) atoms. The van der Waals surface area contributed by atoms with E-state index < -0.39 is 0 Å². The fourth-order valence-electron chi connectivity index (χ4n) is 3.51. The number of nitrogens with one attached hydrogen (secondary N) is 1. The number of anilines is 2. The molecule has 0 aliphatic carbocycles. The summed E-state index contributed by atoms with van der Waals surface area (Å²) in [5, 5.41) is 23.0. The summed E-state index contributed by atoms with van der Waals surface area (Å²) >= 11 is 1.28. The Kier molecular flexibility index (Phi) is 7.94. The second-order valence-electron chi connectivity index (χ2n) is 8.37. The van der Waals surface area contributed by atoms with Crippen molar-refractivity contribution in [1.82, 2.24) is 4.98 Å². The van der Waals surface area contributed by atoms with Crippen molar-refractivity contribution < 1.29 is 4.79 Å². The predicted octanol–water partition coefficient (Wildman–Crippen LogP) is 5.94. The fraction of sp³-hybridized carbons (Fsp3) is 0.259. The number of nitrogens with two attached hydrogens (primary N) is 1. The van der Waals surface area contributed by atoms with Crippen LogP contribution >= 0.6 is 11.8 Å². The summed E-state index contributed by atoms with van der Waals surface area (Å²) in [5.41, 5.74) is 12.0. The maximum Gasteiger partial charge on any atom is 0.225 e. The SMILES string of the molecule is Cc1ccc(NC(=O)CCSc2nc(N)c(C#N)c(-c3ccc(C(C)C)cc3)c2C#N)cc1C. The molecule has 6 nitrogen and oxygen atoms in total. The smallest absolute Gasteiger partial charge is 0.225 e. The zero-order chi connectivity index (χ0) is 24.8. The average Bonchev–Trinajstić information content (AvgIpc) is 2.81. The van der Waals surface area contributed by atoms with Crippen LogP contribution in [0.4, 0.5) is 11.5 Å². The number of nitrogens with zero attached hydrogens (tertiary/aromatic N) is 3. The van der Waals surface area contributed by atoms with E-state index in [0.717, 1.165) is 27.9 Å². The fourth-order valence-corrected chi connectivity index (χ4v) is 4.44. The van der Waals surface area contributed by atoms with Crippen LogP contribution in [0.15, 0.2) is 47.5 Å². The van der Waals surface area contributed by atoms with Crippen molar-refractivity contribution >= 4 is 29.2 Å². The third-order valence-electron chi connectivity index (χ3n) is 5.64. The second-order valence-corrected chi connectivity index (χ2v) is 9.46. The van der Waals surface area contributed by atoms with Gasteiger partial charge in [-0.15, -0.1) is 11.8 Å². The number of hydrogen-bond acceptors (Lipinski definition) is 6. The molecule has 1 amide bonds. The van der Waals surface area contributed by atoms with Crippen LogP contribution in [-0.4, -0.2) is 16.6 Å². The molecule has 0 aliphatic rings. The van der Waals surface area contributed by atoms with Crippen molar-refractivity contribution in [3.05, 3.63) is 70.3 Å². The molecule has 172 valence electrons. The first-order chi connectivity index (χ1) is 16.2. The molecule has 1 heterocycles. The zero-order valence-corrected chi connectivity index (χ0v) is 20.6. The topological polar surface area (TPSA) is 116 Å². The first kappa shape index (κ1) is 24.8. The minimum atomic E-state index is -0.125. The lowest BCUT2D eigenvalue weighted by Gasteiger charge is -2.14. The van der Waals surface area contributed by atoms with E-state index in [1.165, 1.54) is 11.8 Å². The summed E-state index contributed by atoms with van der Waals surface area (Å²) < 4.78 is 0. The highest BCUT2D eigenvalue weighted by Crippen LogP contribution is 2.36. The number of nitrogen functional groups attached to an aromatic ring is 1. The molecule has 0 aliphatic heterocycles. The highest BCUT2D eigenvalue weighted by molar-refractivity contribution is 7.99. The Hall–Kier alpha value is -3.81. The number of pyridine rings is 1. The number of amides is 1. The van der Waals surface area contributed by atoms with Crippen LogP contribution < -0.4 is 11.1 Å². The Morgan fingerprint density at radius 3 is 2.32 bits per heavy atom. The maximum atomic E-state index is 12.4. The normalized spacial score (nSPS) is 10.6. The highest BCUT2D eigenvalue weighted by atomic mass is 32.2. The summed E-state index contributed by atoms with van der Waals surface area (Å²) in [4.78, 5) is 16.7. The molecular weight excluding hydrogens is 442 g/mol. The minimum absolute atomic E-state index is 0.0755. The summed E-state index contributed by atoms with van der Waals surface area (Å²) in [6, 6.07) is 17.9. The molecule has 1 aromatic heterocycles. The van der Waals surface area contributed by atoms with Crippen LogP contribution in [0.25, 0.3) is 11.1 Å². The van der Waals surface area contributed by atoms with Crippen molar-refractivity contribution in [2.45, 2.75) is 45.1 Å². The number of rotatable bonds is 7. The van der Waals surface area contributed by atoms with E-state index in [1.807, 2.05) is 56.3 Å². The summed E-state index contributed by atoms with van der Waals surface area (Å²) in [6.07, 6.45) is 0.239. The molecule has 0 radical (unpaired) electrons. The molecule has 0 unspecified atom stereocenters. The Morgan fingerprint density at radius 1 is 1.06 bits per heavy atom. The van der Waals surface area contributed by atoms with Gasteiger partial charge in [-0.2, -0.15) is 10.5 Å². The molecular formula is C27H27N5OS. The number of aromatic nitrogens is 1. The van der Waals surface area contributed by atoms with Crippen LogP contribution in [-0.2, 0) is 4.79 Å². The average molecular weight is 470 g/mol. The largest absolute Gasteiger partial charge is 0.383 e. The lowest BCUT2D eigenvalue weighted by atomic mass is 9.94. The van der Waals surface area contributed by atoms with E-state index in [2.05, 4.69) is 36.3 Å². The Labute approximate surface area is 204 Å². The lowest BCUT2D eigenvalue weighted by Crippen LogP contribution is -2.12. The van der Waals surface area contributed by atoms with E-state index in [-0.39, 0.29) is 23.7 Å². The number of hydrogen-bond donors (Lipinski definition) is 2. The van der Waals surface area contributed by atoms with Crippen LogP contribution in [0.2, 0.25) is 0 Å². The van der Waals surface area contributed by atoms with Gasteiger partial charge in [0.25, 0.3) is 0 Å². The van der Waals surface area contributed by atoms with Gasteiger partial charge in [-0.1, -0.05) is 44.2 Å². The molecule has 0 saturated heterocycles. The van der Waals surface area contributed by atoms with Gasteiger partial charge in [0.15, 0.2) is 0 Å². The molecule has 3 aromatic rings. The first-order valence-corrected chi connectivity index (χ1v) is 12.0. The minimum Gasteiger partial charge on any atom is -0.383 e. The van der Waals surface area contributed by atoms with Crippen LogP contribution in [0.5, 0.6) is 0 Å². The van der Waals surface area contributed by atoms with Gasteiger partial charge in [-0.25, -0.2) is 4.98 Å². The Balaban J connectivity index is 1.82. The number of nitriles is 2. The van der Waals surface area contributed by atoms with Gasteiger partial charge in [0.05, 0.1) is 5.56 Å². The monoisotopic (exact) mass is 469 g/mol. The van der Waals surface area contributed by atoms with Crippen molar-refractivity contribution in [2.75, 3.05) is 16.8 Å². The molecule has 0 fully saturated rings. The van der Waals surface area contributed by atoms with E-state index >= 15 is 0 Å². The van der Waals surface area contributed by atoms with Crippen LogP contribution in [0.1, 0.15) is 54.0 Å². The van der Waals surface area contributed by atoms with Gasteiger partial charge in [0, 0.05) is 23.4 Å². The van der Waals surface area contributed by atoms with Crippen molar-refractivity contribution in [3.63, 3.8) is 0 Å². The Bertz CT molecular complexity index is 1300. The van der Waals surface area contributed by atoms with Gasteiger partial charge in [-0.3, -0.25) is 4.79 Å². The second kappa shape index (κ2) is 10.9. The quantitative estimate of drug-likeness (QED) is 0.414. The third kappa shape index (κ3) is 5.57. The lowest BCUT2D eigenvalue weighted by molar-refractivity contribution is -0.115. The predicted molar refractivity (Wildman–Crippen MR) is 137 cm³/mol. The molecule has 3 N–H and O–H groups in total. The van der Waals surface area contributed by atoms with E-state index in [4.69, 9.17) is 5.73 Å². The van der Waals surface area contributed by atoms with Crippen molar-refractivity contribution in [1.29, 1.82) is 10.5 Å². The molecule has 0 spiro atoms. The number of carbonyl (C=O) groups excluding carboxylic acids is 1. The van der Waals surface area contributed by atoms with Crippen LogP contribution in [0.3, 0.4) is 0 Å². The van der Waals surface area contributed by atoms with Gasteiger partial charge in [0.1, 0.15) is 28.5 Å².